The second kappa shape index (κ2) is 8.49. The molecule has 1 aliphatic heterocycles. The Kier molecular flexibility index (Phi) is 6.64. The van der Waals surface area contributed by atoms with Gasteiger partial charge in [-0.1, -0.05) is 32.3 Å². The smallest absolute Gasteiger partial charge is 0.138 e. The molecular formula is C20H31NO2. The van der Waals surface area contributed by atoms with Crippen molar-refractivity contribution in [2.24, 2.45) is 0 Å². The Morgan fingerprint density at radius 1 is 1.39 bits per heavy atom. The van der Waals surface area contributed by atoms with Crippen LogP contribution >= 0.6 is 0 Å². The number of hydrogen-bond acceptors (Lipinski definition) is 3. The van der Waals surface area contributed by atoms with Crippen molar-refractivity contribution in [1.29, 1.82) is 0 Å². The molecule has 2 heterocycles. The van der Waals surface area contributed by atoms with Gasteiger partial charge in [-0.15, -0.1) is 0 Å². The van der Waals surface area contributed by atoms with Gasteiger partial charge in [0.15, 0.2) is 0 Å². The number of aromatic nitrogens is 1. The topological polar surface area (TPSA) is 34.6 Å². The van der Waals surface area contributed by atoms with E-state index in [-0.39, 0.29) is 5.60 Å². The van der Waals surface area contributed by atoms with E-state index >= 15 is 0 Å². The van der Waals surface area contributed by atoms with Crippen LogP contribution in [0.1, 0.15) is 65.5 Å². The van der Waals surface area contributed by atoms with Gasteiger partial charge in [-0.2, -0.15) is 0 Å². The summed E-state index contributed by atoms with van der Waals surface area (Å²) in [6.07, 6.45) is 11.3. The summed E-state index contributed by atoms with van der Waals surface area (Å²) in [5.74, 6) is 0.837. The first-order valence-corrected chi connectivity index (χ1v) is 8.98. The molecule has 0 aliphatic carbocycles. The van der Waals surface area contributed by atoms with Crippen molar-refractivity contribution in [1.82, 2.24) is 4.98 Å². The molecule has 0 saturated carbocycles. The van der Waals surface area contributed by atoms with Crippen molar-refractivity contribution in [2.45, 2.75) is 77.9 Å². The van der Waals surface area contributed by atoms with Crippen molar-refractivity contribution in [3.63, 3.8) is 0 Å². The minimum Gasteiger partial charge on any atom is -0.488 e. The van der Waals surface area contributed by atoms with Crippen LogP contribution in [-0.2, 0) is 11.2 Å². The molecule has 3 heteroatoms. The molecule has 23 heavy (non-hydrogen) atoms. The first-order chi connectivity index (χ1) is 11.1. The normalized spacial score (nSPS) is 23.8. The van der Waals surface area contributed by atoms with Crippen LogP contribution in [-0.4, -0.2) is 23.3 Å². The molecule has 0 radical (unpaired) electrons. The Labute approximate surface area is 141 Å². The Hall–Kier alpha value is -1.35. The Balaban J connectivity index is 1.65. The first kappa shape index (κ1) is 18.0. The molecule has 1 aromatic heterocycles. The van der Waals surface area contributed by atoms with Crippen LogP contribution in [0.15, 0.2) is 30.0 Å². The van der Waals surface area contributed by atoms with Crippen LogP contribution < -0.4 is 4.74 Å². The van der Waals surface area contributed by atoms with E-state index in [1.54, 1.807) is 6.20 Å². The largest absolute Gasteiger partial charge is 0.488 e. The van der Waals surface area contributed by atoms with Gasteiger partial charge in [-0.05, 0) is 57.7 Å². The zero-order valence-corrected chi connectivity index (χ0v) is 15.1. The molecule has 1 fully saturated rings. The van der Waals surface area contributed by atoms with E-state index in [9.17, 15) is 0 Å². The number of aryl methyl sites for hydroxylation is 1. The molecule has 2 rings (SSSR count). The van der Waals surface area contributed by atoms with Gasteiger partial charge in [-0.25, -0.2) is 0 Å². The Morgan fingerprint density at radius 3 is 2.87 bits per heavy atom. The SMILES string of the molecule is CCCCC1(C)OC1CCC(C)=CCOc1ccc(CC)nc1. The highest BCUT2D eigenvalue weighted by Gasteiger charge is 2.50. The number of allylic oxidation sites excluding steroid dienone is 1. The fraction of sp³-hybridized carbons (Fsp3) is 0.650. The lowest BCUT2D eigenvalue weighted by Crippen LogP contribution is -2.09. The minimum absolute atomic E-state index is 0.152. The van der Waals surface area contributed by atoms with Gasteiger partial charge < -0.3 is 9.47 Å². The average Bonchev–Trinajstić information content (AvgIpc) is 3.22. The van der Waals surface area contributed by atoms with Crippen molar-refractivity contribution in [3.05, 3.63) is 35.7 Å². The van der Waals surface area contributed by atoms with Gasteiger partial charge in [0.05, 0.1) is 17.9 Å². The van der Waals surface area contributed by atoms with E-state index < -0.39 is 0 Å². The third kappa shape index (κ3) is 5.65. The lowest BCUT2D eigenvalue weighted by molar-refractivity contribution is 0.290. The first-order valence-electron chi connectivity index (χ1n) is 8.98. The number of ether oxygens (including phenoxy) is 2. The highest BCUT2D eigenvalue weighted by Crippen LogP contribution is 2.43. The summed E-state index contributed by atoms with van der Waals surface area (Å²) in [7, 11) is 0. The monoisotopic (exact) mass is 317 g/mol. The van der Waals surface area contributed by atoms with Crippen LogP contribution in [0.5, 0.6) is 5.75 Å². The van der Waals surface area contributed by atoms with E-state index in [2.05, 4.69) is 38.8 Å². The Morgan fingerprint density at radius 2 is 2.22 bits per heavy atom. The van der Waals surface area contributed by atoms with E-state index in [0.717, 1.165) is 30.7 Å². The van der Waals surface area contributed by atoms with Crippen molar-refractivity contribution < 1.29 is 9.47 Å². The van der Waals surface area contributed by atoms with E-state index in [1.807, 2.05) is 12.1 Å². The molecule has 0 bridgehead atoms. The maximum atomic E-state index is 5.89. The molecule has 2 atom stereocenters. The second-order valence-electron chi connectivity index (χ2n) is 6.76. The molecule has 1 aromatic rings. The quantitative estimate of drug-likeness (QED) is 0.445. The third-order valence-corrected chi connectivity index (χ3v) is 4.70. The number of nitrogens with zero attached hydrogens (tertiary/aromatic N) is 1. The van der Waals surface area contributed by atoms with Crippen molar-refractivity contribution in [3.8, 4) is 5.75 Å². The number of unbranched alkanes of at least 4 members (excludes halogenated alkanes) is 1. The molecule has 2 unspecified atom stereocenters. The van der Waals surface area contributed by atoms with Gasteiger partial charge in [-0.3, -0.25) is 4.98 Å². The van der Waals surface area contributed by atoms with Gasteiger partial charge in [0.25, 0.3) is 0 Å². The molecule has 0 aromatic carbocycles. The molecular weight excluding hydrogens is 286 g/mol. The van der Waals surface area contributed by atoms with Crippen LogP contribution in [0, 0.1) is 0 Å². The molecule has 3 nitrogen and oxygen atoms in total. The summed E-state index contributed by atoms with van der Waals surface area (Å²) in [5.41, 5.74) is 2.62. The maximum absolute atomic E-state index is 5.89. The average molecular weight is 317 g/mol. The summed E-state index contributed by atoms with van der Waals surface area (Å²) in [4.78, 5) is 4.34. The fourth-order valence-electron chi connectivity index (χ4n) is 2.85. The lowest BCUT2D eigenvalue weighted by Gasteiger charge is -2.06. The van der Waals surface area contributed by atoms with Crippen LogP contribution in [0.4, 0.5) is 0 Å². The highest BCUT2D eigenvalue weighted by atomic mass is 16.6. The number of epoxide rings is 1. The van der Waals surface area contributed by atoms with Crippen molar-refractivity contribution in [2.75, 3.05) is 6.61 Å². The molecule has 0 spiro atoms. The van der Waals surface area contributed by atoms with E-state index in [1.165, 1.54) is 24.8 Å². The van der Waals surface area contributed by atoms with Gasteiger partial charge in [0.2, 0.25) is 0 Å². The molecule has 0 amide bonds. The Bertz CT molecular complexity index is 509. The number of rotatable bonds is 10. The van der Waals surface area contributed by atoms with E-state index in [4.69, 9.17) is 9.47 Å². The van der Waals surface area contributed by atoms with Crippen molar-refractivity contribution >= 4 is 0 Å². The molecule has 0 N–H and O–H groups in total. The molecule has 1 saturated heterocycles. The highest BCUT2D eigenvalue weighted by molar-refractivity contribution is 5.20. The third-order valence-electron chi connectivity index (χ3n) is 4.70. The standard InChI is InChI=1S/C20H31NO2/c1-5-7-13-20(4)19(23-20)11-8-16(3)12-14-22-18-10-9-17(6-2)21-15-18/h9-10,12,15,19H,5-8,11,13-14H2,1-4H3. The summed E-state index contributed by atoms with van der Waals surface area (Å²) in [6, 6.07) is 4.01. The van der Waals surface area contributed by atoms with Gasteiger partial charge in [0, 0.05) is 5.69 Å². The summed E-state index contributed by atoms with van der Waals surface area (Å²) < 4.78 is 11.6. The molecule has 128 valence electrons. The zero-order valence-electron chi connectivity index (χ0n) is 15.1. The van der Waals surface area contributed by atoms with Gasteiger partial charge >= 0.3 is 0 Å². The van der Waals surface area contributed by atoms with Crippen LogP contribution in [0.3, 0.4) is 0 Å². The fourth-order valence-corrected chi connectivity index (χ4v) is 2.85. The minimum atomic E-state index is 0.152. The van der Waals surface area contributed by atoms with Gasteiger partial charge in [0.1, 0.15) is 12.4 Å². The summed E-state index contributed by atoms with van der Waals surface area (Å²) >= 11 is 0. The molecule has 1 aliphatic rings. The predicted octanol–water partition coefficient (Wildman–Crippen LogP) is 5.10. The number of pyridine rings is 1. The van der Waals surface area contributed by atoms with E-state index in [0.29, 0.717) is 12.7 Å². The number of hydrogen-bond donors (Lipinski definition) is 0. The predicted molar refractivity (Wildman–Crippen MR) is 94.9 cm³/mol. The van der Waals surface area contributed by atoms with Crippen LogP contribution in [0.25, 0.3) is 0 Å². The zero-order chi connectivity index (χ0) is 16.7. The summed E-state index contributed by atoms with van der Waals surface area (Å²) in [6.45, 7) is 9.37. The summed E-state index contributed by atoms with van der Waals surface area (Å²) in [5, 5.41) is 0. The van der Waals surface area contributed by atoms with Crippen LogP contribution in [0.2, 0.25) is 0 Å². The second-order valence-corrected chi connectivity index (χ2v) is 6.76. The maximum Gasteiger partial charge on any atom is 0.138 e. The lowest BCUT2D eigenvalue weighted by atomic mass is 9.96.